The number of hydrogen-bond acceptors (Lipinski definition) is 5. The first-order valence-electron chi connectivity index (χ1n) is 7.51. The number of benzene rings is 1. The number of nitrogens with one attached hydrogen (secondary N) is 2. The van der Waals surface area contributed by atoms with Crippen LogP contribution < -0.4 is 10.0 Å². The zero-order valence-corrected chi connectivity index (χ0v) is 15.5. The van der Waals surface area contributed by atoms with Crippen LogP contribution >= 0.6 is 15.9 Å². The summed E-state index contributed by atoms with van der Waals surface area (Å²) in [5, 5.41) is 11.2. The maximum atomic E-state index is 12.2. The maximum Gasteiger partial charge on any atom is 0.241 e. The van der Waals surface area contributed by atoms with Crippen molar-refractivity contribution in [1.29, 1.82) is 0 Å². The highest BCUT2D eigenvalue weighted by molar-refractivity contribution is 9.10. The second-order valence-corrected chi connectivity index (χ2v) is 7.71. The fourth-order valence-corrected chi connectivity index (χ4v) is 4.19. The molecule has 0 saturated heterocycles. The van der Waals surface area contributed by atoms with Gasteiger partial charge >= 0.3 is 0 Å². The lowest BCUT2D eigenvalue weighted by Gasteiger charge is -2.09. The van der Waals surface area contributed by atoms with E-state index in [4.69, 9.17) is 0 Å². The van der Waals surface area contributed by atoms with Crippen LogP contribution in [0.2, 0.25) is 0 Å². The van der Waals surface area contributed by atoms with Gasteiger partial charge in [-0.05, 0) is 52.3 Å². The van der Waals surface area contributed by atoms with E-state index in [2.05, 4.69) is 36.2 Å². The fourth-order valence-electron chi connectivity index (χ4n) is 2.16. The second-order valence-electron chi connectivity index (χ2n) is 5.12. The summed E-state index contributed by atoms with van der Waals surface area (Å²) in [6.45, 7) is 0.617. The summed E-state index contributed by atoms with van der Waals surface area (Å²) < 4.78 is 29.4. The van der Waals surface area contributed by atoms with Gasteiger partial charge in [0.15, 0.2) is 5.82 Å². The third-order valence-electron chi connectivity index (χ3n) is 3.37. The predicted molar refractivity (Wildman–Crippen MR) is 99.2 cm³/mol. The third-order valence-corrected chi connectivity index (χ3v) is 5.84. The Morgan fingerprint density at radius 3 is 2.40 bits per heavy atom. The molecule has 2 aromatic heterocycles. The molecule has 0 fully saturated rings. The monoisotopic (exact) mass is 421 g/mol. The van der Waals surface area contributed by atoms with Crippen molar-refractivity contribution in [3.8, 4) is 5.82 Å². The van der Waals surface area contributed by atoms with E-state index in [9.17, 15) is 8.42 Å². The second kappa shape index (κ2) is 7.77. The van der Waals surface area contributed by atoms with Crippen LogP contribution in [0, 0.1) is 0 Å². The third kappa shape index (κ3) is 4.44. The van der Waals surface area contributed by atoms with Crippen molar-refractivity contribution >= 4 is 31.8 Å². The predicted octanol–water partition coefficient (Wildman–Crippen LogP) is 2.42. The normalized spacial score (nSPS) is 11.4. The highest BCUT2D eigenvalue weighted by Crippen LogP contribution is 2.20. The summed E-state index contributed by atoms with van der Waals surface area (Å²) in [5.74, 6) is 1.29. The molecule has 0 spiro atoms. The van der Waals surface area contributed by atoms with E-state index >= 15 is 0 Å². The van der Waals surface area contributed by atoms with E-state index in [0.29, 0.717) is 22.7 Å². The molecule has 0 aliphatic heterocycles. The minimum atomic E-state index is -3.56. The van der Waals surface area contributed by atoms with Crippen molar-refractivity contribution in [2.45, 2.75) is 4.90 Å². The van der Waals surface area contributed by atoms with Gasteiger partial charge in [-0.25, -0.2) is 13.1 Å². The van der Waals surface area contributed by atoms with E-state index in [1.165, 1.54) is 0 Å². The number of nitrogens with zero attached hydrogens (tertiary/aromatic N) is 3. The lowest BCUT2D eigenvalue weighted by atomic mass is 10.4. The first-order chi connectivity index (χ1) is 12.1. The summed E-state index contributed by atoms with van der Waals surface area (Å²) in [6, 6.07) is 14.1. The van der Waals surface area contributed by atoms with Gasteiger partial charge in [0.1, 0.15) is 5.82 Å². The Hall–Kier alpha value is -2.23. The molecule has 0 atom stereocenters. The molecule has 25 heavy (non-hydrogen) atoms. The summed E-state index contributed by atoms with van der Waals surface area (Å²) in [4.78, 5) is 0.214. The average molecular weight is 422 g/mol. The van der Waals surface area contributed by atoms with Gasteiger partial charge in [0.2, 0.25) is 10.0 Å². The van der Waals surface area contributed by atoms with Gasteiger partial charge in [-0.1, -0.05) is 12.1 Å². The highest BCUT2D eigenvalue weighted by Gasteiger charge is 2.16. The molecule has 130 valence electrons. The van der Waals surface area contributed by atoms with Crippen LogP contribution in [0.15, 0.2) is 70.3 Å². The molecular weight excluding hydrogens is 406 g/mol. The minimum Gasteiger partial charge on any atom is -0.367 e. The zero-order chi connectivity index (χ0) is 17.7. The van der Waals surface area contributed by atoms with Crippen LogP contribution in [0.3, 0.4) is 0 Å². The van der Waals surface area contributed by atoms with Crippen LogP contribution in [-0.4, -0.2) is 36.3 Å². The van der Waals surface area contributed by atoms with E-state index in [1.807, 2.05) is 35.2 Å². The van der Waals surface area contributed by atoms with Crippen LogP contribution in [0.1, 0.15) is 0 Å². The quantitative estimate of drug-likeness (QED) is 0.571. The molecule has 0 saturated carbocycles. The molecule has 9 heteroatoms. The van der Waals surface area contributed by atoms with Gasteiger partial charge in [0.25, 0.3) is 0 Å². The van der Waals surface area contributed by atoms with E-state index < -0.39 is 10.0 Å². The van der Waals surface area contributed by atoms with Gasteiger partial charge < -0.3 is 9.88 Å². The Morgan fingerprint density at radius 1 is 0.960 bits per heavy atom. The van der Waals surface area contributed by atoms with Gasteiger partial charge in [-0.15, -0.1) is 10.2 Å². The summed E-state index contributed by atoms with van der Waals surface area (Å²) in [5.41, 5.74) is 0. The SMILES string of the molecule is O=S(=O)(NCCNc1ccc(-n2cccc2)nn1)c1ccccc1Br. The van der Waals surface area contributed by atoms with Crippen molar-refractivity contribution < 1.29 is 8.42 Å². The van der Waals surface area contributed by atoms with Gasteiger partial charge in [0.05, 0.1) is 4.90 Å². The van der Waals surface area contributed by atoms with Crippen molar-refractivity contribution in [3.05, 3.63) is 65.4 Å². The summed E-state index contributed by atoms with van der Waals surface area (Å²) in [6.07, 6.45) is 3.77. The molecule has 7 nitrogen and oxygen atoms in total. The van der Waals surface area contributed by atoms with E-state index in [0.717, 1.165) is 0 Å². The molecule has 1 aromatic carbocycles. The van der Waals surface area contributed by atoms with Crippen molar-refractivity contribution in [2.75, 3.05) is 18.4 Å². The zero-order valence-electron chi connectivity index (χ0n) is 13.1. The lowest BCUT2D eigenvalue weighted by molar-refractivity contribution is 0.582. The topological polar surface area (TPSA) is 88.9 Å². The lowest BCUT2D eigenvalue weighted by Crippen LogP contribution is -2.29. The Balaban J connectivity index is 1.52. The molecule has 2 N–H and O–H groups in total. The van der Waals surface area contributed by atoms with E-state index in [1.54, 1.807) is 30.3 Å². The molecule has 0 bridgehead atoms. The van der Waals surface area contributed by atoms with Crippen molar-refractivity contribution in [1.82, 2.24) is 19.5 Å². The van der Waals surface area contributed by atoms with Gasteiger partial charge in [-0.3, -0.25) is 0 Å². The molecule has 3 rings (SSSR count). The van der Waals surface area contributed by atoms with Crippen LogP contribution in [0.25, 0.3) is 5.82 Å². The standard InChI is InChI=1S/C16H16BrN5O2S/c17-13-5-1-2-6-14(13)25(23,24)19-10-9-18-15-7-8-16(21-20-15)22-11-3-4-12-22/h1-8,11-12,19H,9-10H2,(H,18,20). The minimum absolute atomic E-state index is 0.214. The molecule has 3 aromatic rings. The van der Waals surface area contributed by atoms with Gasteiger partial charge in [-0.2, -0.15) is 0 Å². The molecule has 0 aliphatic carbocycles. The first kappa shape index (κ1) is 17.6. The summed E-state index contributed by atoms with van der Waals surface area (Å²) in [7, 11) is -3.56. The number of anilines is 1. The first-order valence-corrected chi connectivity index (χ1v) is 9.79. The Labute approximate surface area is 154 Å². The number of hydrogen-bond donors (Lipinski definition) is 2. The van der Waals surface area contributed by atoms with Gasteiger partial charge in [0, 0.05) is 30.0 Å². The van der Waals surface area contributed by atoms with Crippen LogP contribution in [-0.2, 0) is 10.0 Å². The number of aromatic nitrogens is 3. The largest absolute Gasteiger partial charge is 0.367 e. The molecule has 0 unspecified atom stereocenters. The molecule has 2 heterocycles. The number of halogens is 1. The number of rotatable bonds is 7. The van der Waals surface area contributed by atoms with Crippen molar-refractivity contribution in [3.63, 3.8) is 0 Å². The highest BCUT2D eigenvalue weighted by atomic mass is 79.9. The Morgan fingerprint density at radius 2 is 1.72 bits per heavy atom. The smallest absolute Gasteiger partial charge is 0.241 e. The van der Waals surface area contributed by atoms with Crippen molar-refractivity contribution in [2.24, 2.45) is 0 Å². The molecule has 0 aliphatic rings. The maximum absolute atomic E-state index is 12.2. The molecule has 0 radical (unpaired) electrons. The fraction of sp³-hybridized carbons (Fsp3) is 0.125. The van der Waals surface area contributed by atoms with Crippen LogP contribution in [0.4, 0.5) is 5.82 Å². The number of sulfonamides is 1. The van der Waals surface area contributed by atoms with Crippen LogP contribution in [0.5, 0.6) is 0 Å². The Kier molecular flexibility index (Phi) is 5.47. The average Bonchev–Trinajstić information content (AvgIpc) is 3.14. The Bertz CT molecular complexity index is 927. The van der Waals surface area contributed by atoms with E-state index in [-0.39, 0.29) is 11.4 Å². The summed E-state index contributed by atoms with van der Waals surface area (Å²) >= 11 is 3.25. The molecule has 0 amide bonds. The molecular formula is C16H16BrN5O2S.